The molecule has 0 aliphatic carbocycles. The predicted octanol–water partition coefficient (Wildman–Crippen LogP) is 6.12. The van der Waals surface area contributed by atoms with E-state index in [1.165, 1.54) is 0 Å². The molecule has 2 amide bonds. The highest BCUT2D eigenvalue weighted by Crippen LogP contribution is 2.33. The van der Waals surface area contributed by atoms with Crippen LogP contribution < -0.4 is 25.2 Å². The van der Waals surface area contributed by atoms with Crippen LogP contribution in [0.4, 0.5) is 11.4 Å². The molecule has 1 aliphatic heterocycles. The number of anilines is 2. The number of nitrogens with one attached hydrogen (secondary N) is 2. The second-order valence-electron chi connectivity index (χ2n) is 8.08. The average molecular weight is 549 g/mol. The molecule has 0 saturated carbocycles. The van der Waals surface area contributed by atoms with E-state index >= 15 is 0 Å². The molecule has 188 valence electrons. The van der Waals surface area contributed by atoms with Crippen molar-refractivity contribution in [3.8, 4) is 11.5 Å². The van der Waals surface area contributed by atoms with Gasteiger partial charge in [-0.15, -0.1) is 0 Å². The van der Waals surface area contributed by atoms with Crippen LogP contribution in [0.5, 0.6) is 11.5 Å². The standard InChI is InChI=1S/C26H24Cl3N3O4/c1-2-35-24-13-18(8-11-23(24)36-15-20-21(28)4-3-5-22(20)29)30-31-26(34)16-12-25(33)32(14-16)19-9-6-17(27)7-10-19/h3-11,13,16,30H,2,12,14-15H2,1H3,(H,31,34)/t16-/m1/s1. The topological polar surface area (TPSA) is 79.9 Å². The summed E-state index contributed by atoms with van der Waals surface area (Å²) in [6, 6.07) is 17.4. The number of hydrazine groups is 1. The SMILES string of the molecule is CCOc1cc(NNC(=O)[C@@H]2CC(=O)N(c3ccc(Cl)cc3)C2)ccc1OCc1c(Cl)cccc1Cl. The molecule has 1 heterocycles. The summed E-state index contributed by atoms with van der Waals surface area (Å²) in [5, 5.41) is 1.61. The number of carbonyl (C=O) groups excluding carboxylic acids is 2. The van der Waals surface area contributed by atoms with Gasteiger partial charge in [0.25, 0.3) is 0 Å². The summed E-state index contributed by atoms with van der Waals surface area (Å²) in [6.45, 7) is 2.74. The zero-order chi connectivity index (χ0) is 25.7. The van der Waals surface area contributed by atoms with Crippen LogP contribution in [0.2, 0.25) is 15.1 Å². The van der Waals surface area contributed by atoms with E-state index in [1.54, 1.807) is 65.6 Å². The second-order valence-corrected chi connectivity index (χ2v) is 9.33. The molecule has 0 radical (unpaired) electrons. The molecule has 36 heavy (non-hydrogen) atoms. The third kappa shape index (κ3) is 6.16. The molecule has 4 rings (SSSR count). The van der Waals surface area contributed by atoms with E-state index in [4.69, 9.17) is 44.3 Å². The lowest BCUT2D eigenvalue weighted by Crippen LogP contribution is -2.36. The molecule has 2 N–H and O–H groups in total. The van der Waals surface area contributed by atoms with Crippen molar-refractivity contribution in [3.63, 3.8) is 0 Å². The van der Waals surface area contributed by atoms with Gasteiger partial charge in [0.05, 0.1) is 18.2 Å². The molecular weight excluding hydrogens is 525 g/mol. The van der Waals surface area contributed by atoms with E-state index in [2.05, 4.69) is 10.9 Å². The molecule has 1 atom stereocenters. The van der Waals surface area contributed by atoms with Crippen molar-refractivity contribution >= 4 is 58.0 Å². The van der Waals surface area contributed by atoms with Crippen LogP contribution in [-0.4, -0.2) is 25.0 Å². The van der Waals surface area contributed by atoms with Gasteiger partial charge in [-0.25, -0.2) is 0 Å². The Balaban J connectivity index is 1.37. The number of hydrogen-bond donors (Lipinski definition) is 2. The summed E-state index contributed by atoms with van der Waals surface area (Å²) >= 11 is 18.4. The van der Waals surface area contributed by atoms with Crippen molar-refractivity contribution in [1.82, 2.24) is 5.43 Å². The Labute approximate surface area is 224 Å². The maximum atomic E-state index is 12.7. The smallest absolute Gasteiger partial charge is 0.243 e. The average Bonchev–Trinajstić information content (AvgIpc) is 3.25. The summed E-state index contributed by atoms with van der Waals surface area (Å²) in [4.78, 5) is 26.8. The van der Waals surface area contributed by atoms with E-state index in [0.717, 1.165) is 0 Å². The molecule has 3 aromatic carbocycles. The largest absolute Gasteiger partial charge is 0.490 e. The first-order valence-corrected chi connectivity index (χ1v) is 12.4. The van der Waals surface area contributed by atoms with E-state index in [1.807, 2.05) is 6.92 Å². The Morgan fingerprint density at radius 2 is 1.72 bits per heavy atom. The normalized spacial score (nSPS) is 15.1. The fourth-order valence-electron chi connectivity index (χ4n) is 3.78. The Hall–Kier alpha value is -3.13. The van der Waals surface area contributed by atoms with Crippen LogP contribution in [0.15, 0.2) is 60.7 Å². The monoisotopic (exact) mass is 547 g/mol. The summed E-state index contributed by atoms with van der Waals surface area (Å²) < 4.78 is 11.6. The zero-order valence-electron chi connectivity index (χ0n) is 19.4. The predicted molar refractivity (Wildman–Crippen MR) is 142 cm³/mol. The van der Waals surface area contributed by atoms with Crippen molar-refractivity contribution in [3.05, 3.63) is 81.3 Å². The van der Waals surface area contributed by atoms with Gasteiger partial charge in [-0.1, -0.05) is 40.9 Å². The minimum atomic E-state index is -0.491. The molecule has 0 spiro atoms. The van der Waals surface area contributed by atoms with Gasteiger partial charge in [0.1, 0.15) is 6.61 Å². The first-order valence-electron chi connectivity index (χ1n) is 11.3. The van der Waals surface area contributed by atoms with Gasteiger partial charge in [0.15, 0.2) is 11.5 Å². The fraction of sp³-hybridized carbons (Fsp3) is 0.231. The van der Waals surface area contributed by atoms with Crippen LogP contribution >= 0.6 is 34.8 Å². The van der Waals surface area contributed by atoms with Gasteiger partial charge in [-0.05, 0) is 55.5 Å². The van der Waals surface area contributed by atoms with Gasteiger partial charge < -0.3 is 14.4 Å². The number of halogens is 3. The highest BCUT2D eigenvalue weighted by atomic mass is 35.5. The van der Waals surface area contributed by atoms with Crippen LogP contribution in [0.3, 0.4) is 0 Å². The van der Waals surface area contributed by atoms with Crippen molar-refractivity contribution in [2.45, 2.75) is 20.0 Å². The lowest BCUT2D eigenvalue weighted by molar-refractivity contribution is -0.125. The minimum Gasteiger partial charge on any atom is -0.490 e. The minimum absolute atomic E-state index is 0.115. The van der Waals surface area contributed by atoms with Gasteiger partial charge in [-0.3, -0.25) is 20.4 Å². The van der Waals surface area contributed by atoms with Crippen LogP contribution in [0.25, 0.3) is 0 Å². The molecule has 7 nitrogen and oxygen atoms in total. The molecule has 1 saturated heterocycles. The molecule has 0 bridgehead atoms. The van der Waals surface area contributed by atoms with E-state index in [0.29, 0.717) is 50.1 Å². The third-order valence-electron chi connectivity index (χ3n) is 5.64. The quantitative estimate of drug-likeness (QED) is 0.315. The molecular formula is C26H24Cl3N3O4. The first-order chi connectivity index (χ1) is 17.4. The third-order valence-corrected chi connectivity index (χ3v) is 6.60. The van der Waals surface area contributed by atoms with Crippen LogP contribution in [-0.2, 0) is 16.2 Å². The van der Waals surface area contributed by atoms with Gasteiger partial charge in [0.2, 0.25) is 11.8 Å². The Kier molecular flexibility index (Phi) is 8.46. The maximum absolute atomic E-state index is 12.7. The molecule has 1 fully saturated rings. The summed E-state index contributed by atoms with van der Waals surface area (Å²) in [5.41, 5.74) is 7.56. The summed E-state index contributed by atoms with van der Waals surface area (Å²) in [5.74, 6) is 0.104. The van der Waals surface area contributed by atoms with Crippen LogP contribution in [0.1, 0.15) is 18.9 Å². The number of ether oxygens (including phenoxy) is 2. The van der Waals surface area contributed by atoms with Crippen molar-refractivity contribution in [1.29, 1.82) is 0 Å². The molecule has 0 unspecified atom stereocenters. The number of rotatable bonds is 9. The van der Waals surface area contributed by atoms with Crippen molar-refractivity contribution < 1.29 is 19.1 Å². The number of benzene rings is 3. The lowest BCUT2D eigenvalue weighted by Gasteiger charge is -2.18. The first kappa shape index (κ1) is 25.9. The Morgan fingerprint density at radius 1 is 1.00 bits per heavy atom. The highest BCUT2D eigenvalue weighted by molar-refractivity contribution is 6.36. The highest BCUT2D eigenvalue weighted by Gasteiger charge is 2.35. The molecule has 3 aromatic rings. The maximum Gasteiger partial charge on any atom is 0.243 e. The van der Waals surface area contributed by atoms with E-state index < -0.39 is 5.92 Å². The van der Waals surface area contributed by atoms with Crippen LogP contribution in [0, 0.1) is 5.92 Å². The second kappa shape index (κ2) is 11.7. The van der Waals surface area contributed by atoms with Crippen molar-refractivity contribution in [2.75, 3.05) is 23.5 Å². The lowest BCUT2D eigenvalue weighted by atomic mass is 10.1. The molecule has 1 aliphatic rings. The van der Waals surface area contributed by atoms with Gasteiger partial charge >= 0.3 is 0 Å². The van der Waals surface area contributed by atoms with Crippen molar-refractivity contribution in [2.24, 2.45) is 5.92 Å². The number of nitrogens with zero attached hydrogens (tertiary/aromatic N) is 1. The number of carbonyl (C=O) groups is 2. The Bertz CT molecular complexity index is 1230. The summed E-state index contributed by atoms with van der Waals surface area (Å²) in [7, 11) is 0. The zero-order valence-corrected chi connectivity index (χ0v) is 21.7. The van der Waals surface area contributed by atoms with Gasteiger partial charge in [0, 0.05) is 45.4 Å². The number of amides is 2. The molecule has 10 heteroatoms. The van der Waals surface area contributed by atoms with Gasteiger partial charge in [-0.2, -0.15) is 0 Å². The molecule has 0 aromatic heterocycles. The Morgan fingerprint density at radius 3 is 2.42 bits per heavy atom. The fourth-order valence-corrected chi connectivity index (χ4v) is 4.42. The van der Waals surface area contributed by atoms with E-state index in [9.17, 15) is 9.59 Å². The summed E-state index contributed by atoms with van der Waals surface area (Å²) in [6.07, 6.45) is 0.123. The van der Waals surface area contributed by atoms with E-state index in [-0.39, 0.29) is 31.4 Å². The number of hydrogen-bond acceptors (Lipinski definition) is 5.